The molecule has 1 rings (SSSR count). The normalized spacial score (nSPS) is 10.7. The molecule has 0 heterocycles. The van der Waals surface area contributed by atoms with Crippen LogP contribution in [0.15, 0.2) is 29.2 Å². The standard InChI is InChI=1S/C12H19N3O3S.ClH/c1-14-8-7-12(16)15-9-6-10-2-4-11(5-3-10)19(13,17)18;/h2-5,14H,6-9H2,1H3,(H,15,16)(H2,13,17,18);1H. The van der Waals surface area contributed by atoms with Gasteiger partial charge in [0.05, 0.1) is 4.90 Å². The van der Waals surface area contributed by atoms with Crippen molar-refractivity contribution in [3.05, 3.63) is 29.8 Å². The Balaban J connectivity index is 0.00000361. The summed E-state index contributed by atoms with van der Waals surface area (Å²) in [7, 11) is -1.85. The van der Waals surface area contributed by atoms with Gasteiger partial charge in [-0.1, -0.05) is 12.1 Å². The molecular weight excluding hydrogens is 302 g/mol. The third kappa shape index (κ3) is 6.85. The molecule has 0 unspecified atom stereocenters. The van der Waals surface area contributed by atoms with Gasteiger partial charge in [-0.3, -0.25) is 4.79 Å². The molecule has 0 aromatic heterocycles. The highest BCUT2D eigenvalue weighted by atomic mass is 35.5. The number of amides is 1. The summed E-state index contributed by atoms with van der Waals surface area (Å²) in [5, 5.41) is 10.7. The van der Waals surface area contributed by atoms with Gasteiger partial charge in [0, 0.05) is 19.5 Å². The maximum absolute atomic E-state index is 11.3. The molecule has 0 spiro atoms. The second-order valence-corrected chi connectivity index (χ2v) is 5.70. The number of rotatable bonds is 7. The Hall–Kier alpha value is -1.15. The highest BCUT2D eigenvalue weighted by Gasteiger charge is 2.06. The van der Waals surface area contributed by atoms with Gasteiger partial charge in [-0.25, -0.2) is 13.6 Å². The van der Waals surface area contributed by atoms with Crippen molar-refractivity contribution in [2.24, 2.45) is 5.14 Å². The largest absolute Gasteiger partial charge is 0.356 e. The molecule has 6 nitrogen and oxygen atoms in total. The van der Waals surface area contributed by atoms with Crippen LogP contribution in [0.3, 0.4) is 0 Å². The average molecular weight is 322 g/mol. The van der Waals surface area contributed by atoms with Crippen LogP contribution >= 0.6 is 12.4 Å². The number of halogens is 1. The summed E-state index contributed by atoms with van der Waals surface area (Å²) in [5.41, 5.74) is 0.946. The first-order valence-corrected chi connectivity index (χ1v) is 7.51. The van der Waals surface area contributed by atoms with Crippen LogP contribution in [0.2, 0.25) is 0 Å². The van der Waals surface area contributed by atoms with E-state index < -0.39 is 10.0 Å². The number of nitrogens with one attached hydrogen (secondary N) is 2. The number of hydrogen-bond acceptors (Lipinski definition) is 4. The van der Waals surface area contributed by atoms with E-state index in [1.807, 2.05) is 0 Å². The maximum Gasteiger partial charge on any atom is 0.238 e. The highest BCUT2D eigenvalue weighted by Crippen LogP contribution is 2.08. The van der Waals surface area contributed by atoms with Gasteiger partial charge >= 0.3 is 0 Å². The summed E-state index contributed by atoms with van der Waals surface area (Å²) in [6.45, 7) is 1.17. The molecule has 114 valence electrons. The summed E-state index contributed by atoms with van der Waals surface area (Å²) in [4.78, 5) is 11.4. The van der Waals surface area contributed by atoms with Crippen LogP contribution in [0.5, 0.6) is 0 Å². The van der Waals surface area contributed by atoms with Gasteiger partial charge in [0.25, 0.3) is 0 Å². The molecule has 1 aromatic carbocycles. The molecule has 4 N–H and O–H groups in total. The van der Waals surface area contributed by atoms with Crippen molar-refractivity contribution in [3.8, 4) is 0 Å². The van der Waals surface area contributed by atoms with Crippen LogP contribution in [-0.2, 0) is 21.2 Å². The van der Waals surface area contributed by atoms with Crippen molar-refractivity contribution >= 4 is 28.3 Å². The Morgan fingerprint density at radius 3 is 2.30 bits per heavy atom. The third-order valence-electron chi connectivity index (χ3n) is 2.59. The van der Waals surface area contributed by atoms with Crippen molar-refractivity contribution in [2.45, 2.75) is 17.7 Å². The quantitative estimate of drug-likeness (QED) is 0.659. The SMILES string of the molecule is CNCCC(=O)NCCc1ccc(S(N)(=O)=O)cc1.Cl. The minimum absolute atomic E-state index is 0. The fourth-order valence-electron chi connectivity index (χ4n) is 1.52. The third-order valence-corrected chi connectivity index (χ3v) is 3.52. The van der Waals surface area contributed by atoms with E-state index in [2.05, 4.69) is 10.6 Å². The minimum Gasteiger partial charge on any atom is -0.356 e. The number of nitrogens with two attached hydrogens (primary N) is 1. The Morgan fingerprint density at radius 1 is 1.20 bits per heavy atom. The van der Waals surface area contributed by atoms with E-state index in [1.54, 1.807) is 19.2 Å². The molecule has 0 bridgehead atoms. The first kappa shape index (κ1) is 18.9. The summed E-state index contributed by atoms with van der Waals surface area (Å²) in [5.74, 6) is -0.00416. The summed E-state index contributed by atoms with van der Waals surface area (Å²) >= 11 is 0. The second kappa shape index (κ2) is 8.91. The average Bonchev–Trinajstić information content (AvgIpc) is 2.36. The Morgan fingerprint density at radius 2 is 1.80 bits per heavy atom. The van der Waals surface area contributed by atoms with E-state index in [0.717, 1.165) is 5.56 Å². The fraction of sp³-hybridized carbons (Fsp3) is 0.417. The molecule has 0 saturated carbocycles. The van der Waals surface area contributed by atoms with Crippen LogP contribution in [-0.4, -0.2) is 34.5 Å². The molecule has 1 aromatic rings. The van der Waals surface area contributed by atoms with E-state index in [0.29, 0.717) is 25.9 Å². The predicted octanol–water partition coefficient (Wildman–Crippen LogP) is 0.0240. The predicted molar refractivity (Wildman–Crippen MR) is 80.3 cm³/mol. The Labute approximate surface area is 125 Å². The van der Waals surface area contributed by atoms with Gasteiger partial charge in [-0.2, -0.15) is 0 Å². The Kier molecular flexibility index (Phi) is 8.40. The molecular formula is C12H20ClN3O3S. The van der Waals surface area contributed by atoms with Crippen molar-refractivity contribution in [1.29, 1.82) is 0 Å². The molecule has 0 saturated heterocycles. The van der Waals surface area contributed by atoms with Crippen LogP contribution in [0, 0.1) is 0 Å². The lowest BCUT2D eigenvalue weighted by Gasteiger charge is -2.06. The first-order chi connectivity index (χ1) is 8.93. The number of benzene rings is 1. The molecule has 0 fully saturated rings. The topological polar surface area (TPSA) is 101 Å². The van der Waals surface area contributed by atoms with E-state index in [-0.39, 0.29) is 23.2 Å². The lowest BCUT2D eigenvalue weighted by Crippen LogP contribution is -2.28. The van der Waals surface area contributed by atoms with Gasteiger partial charge in [-0.15, -0.1) is 12.4 Å². The van der Waals surface area contributed by atoms with Crippen LogP contribution in [0.1, 0.15) is 12.0 Å². The van der Waals surface area contributed by atoms with Crippen LogP contribution in [0.4, 0.5) is 0 Å². The first-order valence-electron chi connectivity index (χ1n) is 5.96. The van der Waals surface area contributed by atoms with Crippen LogP contribution in [0.25, 0.3) is 0 Å². The second-order valence-electron chi connectivity index (χ2n) is 4.14. The van der Waals surface area contributed by atoms with Crippen molar-refractivity contribution in [3.63, 3.8) is 0 Å². The highest BCUT2D eigenvalue weighted by molar-refractivity contribution is 7.89. The van der Waals surface area contributed by atoms with E-state index in [9.17, 15) is 13.2 Å². The lowest BCUT2D eigenvalue weighted by molar-refractivity contribution is -0.120. The van der Waals surface area contributed by atoms with Gasteiger partial charge in [0.2, 0.25) is 15.9 Å². The molecule has 0 atom stereocenters. The number of hydrogen-bond donors (Lipinski definition) is 3. The maximum atomic E-state index is 11.3. The molecule has 8 heteroatoms. The molecule has 0 aliphatic heterocycles. The van der Waals surface area contributed by atoms with Gasteiger partial charge in [0.15, 0.2) is 0 Å². The summed E-state index contributed by atoms with van der Waals surface area (Å²) in [6.07, 6.45) is 1.09. The van der Waals surface area contributed by atoms with Gasteiger partial charge in [-0.05, 0) is 31.2 Å². The van der Waals surface area contributed by atoms with Gasteiger partial charge < -0.3 is 10.6 Å². The van der Waals surface area contributed by atoms with E-state index in [1.165, 1.54) is 12.1 Å². The number of carbonyl (C=O) groups is 1. The molecule has 0 radical (unpaired) electrons. The van der Waals surface area contributed by atoms with Crippen LogP contribution < -0.4 is 15.8 Å². The number of sulfonamides is 1. The molecule has 0 aliphatic carbocycles. The summed E-state index contributed by atoms with van der Waals surface area (Å²) < 4.78 is 22.1. The Bertz CT molecular complexity index is 517. The van der Waals surface area contributed by atoms with Crippen molar-refractivity contribution < 1.29 is 13.2 Å². The zero-order valence-electron chi connectivity index (χ0n) is 11.3. The number of carbonyl (C=O) groups excluding carboxylic acids is 1. The van der Waals surface area contributed by atoms with E-state index >= 15 is 0 Å². The molecule has 20 heavy (non-hydrogen) atoms. The van der Waals surface area contributed by atoms with Crippen molar-refractivity contribution in [2.75, 3.05) is 20.1 Å². The zero-order chi connectivity index (χ0) is 14.3. The minimum atomic E-state index is -3.64. The molecule has 1 amide bonds. The fourth-order valence-corrected chi connectivity index (χ4v) is 2.03. The summed E-state index contributed by atoms with van der Waals surface area (Å²) in [6, 6.07) is 6.32. The number of primary sulfonamides is 1. The van der Waals surface area contributed by atoms with E-state index in [4.69, 9.17) is 5.14 Å². The van der Waals surface area contributed by atoms with Gasteiger partial charge in [0.1, 0.15) is 0 Å². The molecule has 0 aliphatic rings. The smallest absolute Gasteiger partial charge is 0.238 e. The zero-order valence-corrected chi connectivity index (χ0v) is 12.9. The monoisotopic (exact) mass is 321 g/mol. The van der Waals surface area contributed by atoms with Crippen molar-refractivity contribution in [1.82, 2.24) is 10.6 Å². The lowest BCUT2D eigenvalue weighted by atomic mass is 10.1.